The van der Waals surface area contributed by atoms with E-state index in [2.05, 4.69) is 9.97 Å². The summed E-state index contributed by atoms with van der Waals surface area (Å²) in [4.78, 5) is 21.1. The Morgan fingerprint density at radius 3 is 2.64 bits per heavy atom. The summed E-state index contributed by atoms with van der Waals surface area (Å²) >= 11 is 0. The molecule has 1 N–H and O–H groups in total. The van der Waals surface area contributed by atoms with Gasteiger partial charge in [0.2, 0.25) is 9.84 Å². The van der Waals surface area contributed by atoms with Crippen LogP contribution in [0.4, 0.5) is 4.79 Å². The SMILES string of the molecule is O=C(O)N1CCC(COc2cnc(-c3ccc4c(c3)OCS4(=O)=O)nc2)CC1. The second-order valence-electron chi connectivity index (χ2n) is 6.80. The van der Waals surface area contributed by atoms with Gasteiger partial charge in [-0.2, -0.15) is 0 Å². The van der Waals surface area contributed by atoms with Crippen molar-refractivity contribution in [2.24, 2.45) is 5.92 Å². The summed E-state index contributed by atoms with van der Waals surface area (Å²) in [6.45, 7) is 1.53. The van der Waals surface area contributed by atoms with Crippen LogP contribution >= 0.6 is 0 Å². The Labute approximate surface area is 161 Å². The van der Waals surface area contributed by atoms with Crippen LogP contribution in [0, 0.1) is 5.92 Å². The molecule has 0 saturated carbocycles. The molecule has 0 aliphatic carbocycles. The van der Waals surface area contributed by atoms with E-state index < -0.39 is 15.9 Å². The van der Waals surface area contributed by atoms with Gasteiger partial charge in [0.1, 0.15) is 10.6 Å². The summed E-state index contributed by atoms with van der Waals surface area (Å²) in [5, 5.41) is 8.97. The number of hydrogen-bond acceptors (Lipinski definition) is 7. The van der Waals surface area contributed by atoms with Gasteiger partial charge in [-0.3, -0.25) is 0 Å². The van der Waals surface area contributed by atoms with Gasteiger partial charge in [0.15, 0.2) is 17.5 Å². The van der Waals surface area contributed by atoms with Gasteiger partial charge in [-0.05, 0) is 37.0 Å². The number of hydrogen-bond donors (Lipinski definition) is 1. The highest BCUT2D eigenvalue weighted by Gasteiger charge is 2.28. The van der Waals surface area contributed by atoms with Crippen LogP contribution in [-0.4, -0.2) is 60.1 Å². The van der Waals surface area contributed by atoms with Crippen LogP contribution < -0.4 is 9.47 Å². The fourth-order valence-electron chi connectivity index (χ4n) is 3.27. The number of nitrogens with zero attached hydrogens (tertiary/aromatic N) is 3. The van der Waals surface area contributed by atoms with Crippen molar-refractivity contribution in [3.05, 3.63) is 30.6 Å². The third-order valence-electron chi connectivity index (χ3n) is 4.91. The molecule has 1 fully saturated rings. The van der Waals surface area contributed by atoms with Crippen molar-refractivity contribution in [1.29, 1.82) is 0 Å². The Kier molecular flexibility index (Phi) is 4.80. The molecule has 10 heteroatoms. The fraction of sp³-hybridized carbons (Fsp3) is 0.389. The number of likely N-dealkylation sites (tertiary alicyclic amines) is 1. The van der Waals surface area contributed by atoms with Crippen LogP contribution in [0.15, 0.2) is 35.5 Å². The van der Waals surface area contributed by atoms with Gasteiger partial charge in [0, 0.05) is 18.7 Å². The van der Waals surface area contributed by atoms with E-state index in [1.807, 2.05) is 0 Å². The van der Waals surface area contributed by atoms with Crippen LogP contribution in [0.5, 0.6) is 11.5 Å². The van der Waals surface area contributed by atoms with Crippen molar-refractivity contribution in [1.82, 2.24) is 14.9 Å². The minimum absolute atomic E-state index is 0.185. The Hall–Kier alpha value is -2.88. The van der Waals surface area contributed by atoms with E-state index >= 15 is 0 Å². The molecule has 28 heavy (non-hydrogen) atoms. The standard InChI is InChI=1S/C18H19N3O6S/c22-18(23)21-5-3-12(4-6-21)10-26-14-8-19-17(20-9-14)13-1-2-16-15(7-13)27-11-28(16,24)25/h1-2,7-9,12H,3-6,10-11H2,(H,22,23). The number of rotatable bonds is 4. The Morgan fingerprint density at radius 1 is 1.25 bits per heavy atom. The number of carbonyl (C=O) groups is 1. The Balaban J connectivity index is 1.37. The van der Waals surface area contributed by atoms with Gasteiger partial charge >= 0.3 is 6.09 Å². The van der Waals surface area contributed by atoms with E-state index in [1.54, 1.807) is 24.5 Å². The predicted octanol–water partition coefficient (Wildman–Crippen LogP) is 2.04. The Bertz CT molecular complexity index is 985. The summed E-state index contributed by atoms with van der Waals surface area (Å²) in [6, 6.07) is 4.77. The molecule has 1 aromatic carbocycles. The smallest absolute Gasteiger partial charge is 0.407 e. The zero-order valence-corrected chi connectivity index (χ0v) is 15.8. The number of benzene rings is 1. The van der Waals surface area contributed by atoms with Gasteiger partial charge < -0.3 is 19.5 Å². The minimum Gasteiger partial charge on any atom is -0.490 e. The summed E-state index contributed by atoms with van der Waals surface area (Å²) < 4.78 is 34.5. The van der Waals surface area contributed by atoms with Gasteiger partial charge in [-0.1, -0.05) is 0 Å². The van der Waals surface area contributed by atoms with Crippen molar-refractivity contribution in [2.45, 2.75) is 17.7 Å². The van der Waals surface area contributed by atoms with E-state index in [9.17, 15) is 13.2 Å². The normalized spacial score (nSPS) is 18.4. The molecule has 1 aromatic heterocycles. The summed E-state index contributed by atoms with van der Waals surface area (Å²) in [7, 11) is -3.36. The van der Waals surface area contributed by atoms with Crippen LogP contribution in [0.1, 0.15) is 12.8 Å². The first-order chi connectivity index (χ1) is 13.4. The molecule has 2 aromatic rings. The third-order valence-corrected chi connectivity index (χ3v) is 6.34. The van der Waals surface area contributed by atoms with Crippen molar-refractivity contribution in [3.8, 4) is 22.9 Å². The lowest BCUT2D eigenvalue weighted by atomic mass is 9.98. The molecule has 4 rings (SSSR count). The molecule has 0 radical (unpaired) electrons. The van der Waals surface area contributed by atoms with Gasteiger partial charge in [-0.15, -0.1) is 0 Å². The van der Waals surface area contributed by atoms with E-state index in [0.29, 0.717) is 48.5 Å². The zero-order valence-electron chi connectivity index (χ0n) is 14.9. The van der Waals surface area contributed by atoms with Crippen LogP contribution in [0.25, 0.3) is 11.4 Å². The molecule has 0 atom stereocenters. The van der Waals surface area contributed by atoms with Gasteiger partial charge in [-0.25, -0.2) is 23.2 Å². The first-order valence-corrected chi connectivity index (χ1v) is 10.5. The van der Waals surface area contributed by atoms with E-state index in [0.717, 1.165) is 12.8 Å². The average molecular weight is 405 g/mol. The molecule has 9 nitrogen and oxygen atoms in total. The molecule has 0 unspecified atom stereocenters. The molecular formula is C18H19N3O6S. The highest BCUT2D eigenvalue weighted by molar-refractivity contribution is 7.91. The van der Waals surface area contributed by atoms with E-state index in [1.165, 1.54) is 11.0 Å². The van der Waals surface area contributed by atoms with Crippen LogP contribution in [0.3, 0.4) is 0 Å². The molecule has 2 aliphatic rings. The van der Waals surface area contributed by atoms with Crippen LogP contribution in [-0.2, 0) is 9.84 Å². The third kappa shape index (κ3) is 3.72. The highest BCUT2D eigenvalue weighted by atomic mass is 32.2. The molecule has 1 amide bonds. The van der Waals surface area contributed by atoms with Crippen molar-refractivity contribution >= 4 is 15.9 Å². The van der Waals surface area contributed by atoms with Gasteiger partial charge in [0.25, 0.3) is 0 Å². The topological polar surface area (TPSA) is 119 Å². The van der Waals surface area contributed by atoms with E-state index in [-0.39, 0.29) is 10.8 Å². The fourth-order valence-corrected chi connectivity index (χ4v) is 4.38. The largest absolute Gasteiger partial charge is 0.490 e. The molecule has 3 heterocycles. The maximum absolute atomic E-state index is 11.8. The minimum atomic E-state index is -3.36. The number of aromatic nitrogens is 2. The lowest BCUT2D eigenvalue weighted by molar-refractivity contribution is 0.111. The highest BCUT2D eigenvalue weighted by Crippen LogP contribution is 2.34. The maximum atomic E-state index is 11.8. The predicted molar refractivity (Wildman–Crippen MR) is 98.0 cm³/mol. The molecule has 148 valence electrons. The molecule has 0 spiro atoms. The van der Waals surface area contributed by atoms with E-state index in [4.69, 9.17) is 14.6 Å². The first-order valence-electron chi connectivity index (χ1n) is 8.85. The summed E-state index contributed by atoms with van der Waals surface area (Å²) in [5.74, 6) is 1.24. The number of amides is 1. The van der Waals surface area contributed by atoms with Crippen molar-refractivity contribution < 1.29 is 27.8 Å². The lowest BCUT2D eigenvalue weighted by Gasteiger charge is -2.29. The molecule has 0 bridgehead atoms. The lowest BCUT2D eigenvalue weighted by Crippen LogP contribution is -2.38. The number of ether oxygens (including phenoxy) is 2. The molecule has 2 aliphatic heterocycles. The van der Waals surface area contributed by atoms with Gasteiger partial charge in [0.05, 0.1) is 19.0 Å². The second kappa shape index (κ2) is 7.27. The monoisotopic (exact) mass is 405 g/mol. The maximum Gasteiger partial charge on any atom is 0.407 e. The molecular weight excluding hydrogens is 386 g/mol. The number of piperidine rings is 1. The quantitative estimate of drug-likeness (QED) is 0.821. The number of sulfone groups is 1. The Morgan fingerprint density at radius 2 is 1.96 bits per heavy atom. The number of carboxylic acid groups (broad SMARTS) is 1. The average Bonchev–Trinajstić information content (AvgIpc) is 3.01. The molecule has 1 saturated heterocycles. The van der Waals surface area contributed by atoms with Crippen molar-refractivity contribution in [2.75, 3.05) is 25.6 Å². The zero-order chi connectivity index (χ0) is 19.7. The van der Waals surface area contributed by atoms with Crippen LogP contribution in [0.2, 0.25) is 0 Å². The summed E-state index contributed by atoms with van der Waals surface area (Å²) in [5.41, 5.74) is 0.656. The number of fused-ring (bicyclic) bond motifs is 1. The van der Waals surface area contributed by atoms with Crippen molar-refractivity contribution in [3.63, 3.8) is 0 Å². The second-order valence-corrected chi connectivity index (χ2v) is 8.71. The first kappa shape index (κ1) is 18.5. The summed E-state index contributed by atoms with van der Waals surface area (Å²) in [6.07, 6.45) is 3.80.